The van der Waals surface area contributed by atoms with Gasteiger partial charge in [-0.2, -0.15) is 0 Å². The van der Waals surface area contributed by atoms with E-state index in [1.54, 1.807) is 0 Å². The lowest BCUT2D eigenvalue weighted by atomic mass is 9.84. The number of nitrogens with zero attached hydrogens (tertiary/aromatic N) is 1. The lowest BCUT2D eigenvalue weighted by Crippen LogP contribution is -2.43. The quantitative estimate of drug-likeness (QED) is 0.924. The van der Waals surface area contributed by atoms with Crippen LogP contribution in [0.15, 0.2) is 18.2 Å². The van der Waals surface area contributed by atoms with Crippen LogP contribution >= 0.6 is 0 Å². The van der Waals surface area contributed by atoms with Gasteiger partial charge in [0.1, 0.15) is 0 Å². The number of piperidine rings is 1. The summed E-state index contributed by atoms with van der Waals surface area (Å²) in [6.07, 6.45) is 2.63. The molecule has 1 unspecified atom stereocenters. The molecule has 4 nitrogen and oxygen atoms in total. The number of hydrogen-bond acceptors (Lipinski definition) is 4. The van der Waals surface area contributed by atoms with Gasteiger partial charge in [-0.15, -0.1) is 0 Å². The zero-order valence-electron chi connectivity index (χ0n) is 13.3. The summed E-state index contributed by atoms with van der Waals surface area (Å²) in [4.78, 5) is 2.58. The first-order valence-electron chi connectivity index (χ1n) is 7.87. The van der Waals surface area contributed by atoms with Crippen molar-refractivity contribution < 1.29 is 9.47 Å². The molecular formula is C17H26N2O2. The first-order valence-corrected chi connectivity index (χ1v) is 7.87. The van der Waals surface area contributed by atoms with Crippen LogP contribution in [0, 0.1) is 5.41 Å². The number of benzene rings is 1. The maximum atomic E-state index is 5.49. The summed E-state index contributed by atoms with van der Waals surface area (Å²) in [5.41, 5.74) is 1.70. The highest BCUT2D eigenvalue weighted by molar-refractivity contribution is 5.45. The largest absolute Gasteiger partial charge is 0.454 e. The minimum atomic E-state index is 0.327. The molecule has 2 heterocycles. The van der Waals surface area contributed by atoms with Gasteiger partial charge in [-0.25, -0.2) is 0 Å². The smallest absolute Gasteiger partial charge is 0.231 e. The van der Waals surface area contributed by atoms with E-state index in [4.69, 9.17) is 9.47 Å². The van der Waals surface area contributed by atoms with Crippen molar-refractivity contribution in [3.8, 4) is 11.5 Å². The molecule has 2 aliphatic heterocycles. The van der Waals surface area contributed by atoms with E-state index >= 15 is 0 Å². The van der Waals surface area contributed by atoms with Gasteiger partial charge < -0.3 is 19.7 Å². The number of ether oxygens (including phenoxy) is 2. The van der Waals surface area contributed by atoms with Gasteiger partial charge in [-0.1, -0.05) is 19.9 Å². The maximum Gasteiger partial charge on any atom is 0.231 e. The van der Waals surface area contributed by atoms with Gasteiger partial charge in [0.15, 0.2) is 11.5 Å². The summed E-state index contributed by atoms with van der Waals surface area (Å²) in [6.45, 7) is 8.49. The molecule has 0 bridgehead atoms. The molecule has 0 amide bonds. The number of likely N-dealkylation sites (N-methyl/N-ethyl adjacent to an activating group) is 1. The zero-order chi connectivity index (χ0) is 14.9. The second-order valence-corrected chi connectivity index (χ2v) is 6.96. The molecular weight excluding hydrogens is 264 g/mol. The third kappa shape index (κ3) is 3.33. The van der Waals surface area contributed by atoms with Crippen LogP contribution in [0.1, 0.15) is 38.3 Å². The van der Waals surface area contributed by atoms with Crippen molar-refractivity contribution in [2.24, 2.45) is 5.41 Å². The van der Waals surface area contributed by atoms with E-state index in [2.05, 4.69) is 36.2 Å². The van der Waals surface area contributed by atoms with E-state index in [-0.39, 0.29) is 0 Å². The Labute approximate surface area is 127 Å². The molecule has 1 aromatic carbocycles. The van der Waals surface area contributed by atoms with Crippen LogP contribution in [-0.2, 0) is 0 Å². The van der Waals surface area contributed by atoms with Gasteiger partial charge >= 0.3 is 0 Å². The Morgan fingerprint density at radius 1 is 1.29 bits per heavy atom. The topological polar surface area (TPSA) is 33.7 Å². The van der Waals surface area contributed by atoms with Crippen LogP contribution in [0.5, 0.6) is 11.5 Å². The van der Waals surface area contributed by atoms with Gasteiger partial charge in [-0.05, 0) is 49.5 Å². The fourth-order valence-electron chi connectivity index (χ4n) is 3.45. The molecule has 0 aromatic heterocycles. The lowest BCUT2D eigenvalue weighted by molar-refractivity contribution is 0.108. The molecule has 1 aromatic rings. The Morgan fingerprint density at radius 3 is 2.86 bits per heavy atom. The summed E-state index contributed by atoms with van der Waals surface area (Å²) in [6, 6.07) is 6.60. The molecule has 1 saturated heterocycles. The van der Waals surface area contributed by atoms with Crippen LogP contribution in [0.3, 0.4) is 0 Å². The van der Waals surface area contributed by atoms with Crippen molar-refractivity contribution in [3.63, 3.8) is 0 Å². The molecule has 0 spiro atoms. The van der Waals surface area contributed by atoms with Crippen molar-refractivity contribution in [1.82, 2.24) is 10.2 Å². The Morgan fingerprint density at radius 2 is 2.10 bits per heavy atom. The van der Waals surface area contributed by atoms with Gasteiger partial charge in [0, 0.05) is 19.1 Å². The Kier molecular flexibility index (Phi) is 4.09. The van der Waals surface area contributed by atoms with Crippen LogP contribution in [0.4, 0.5) is 0 Å². The fourth-order valence-corrected chi connectivity index (χ4v) is 3.45. The molecule has 2 aliphatic rings. The Balaban J connectivity index is 1.70. The molecule has 1 fully saturated rings. The van der Waals surface area contributed by atoms with Gasteiger partial charge in [-0.3, -0.25) is 0 Å². The number of fused-ring (bicyclic) bond motifs is 1. The Hall–Kier alpha value is -1.26. The third-order valence-corrected chi connectivity index (χ3v) is 4.57. The summed E-state index contributed by atoms with van der Waals surface area (Å²) >= 11 is 0. The second kappa shape index (κ2) is 5.85. The number of likely N-dealkylation sites (tertiary alicyclic amines) is 1. The third-order valence-electron chi connectivity index (χ3n) is 4.57. The molecule has 21 heavy (non-hydrogen) atoms. The van der Waals surface area contributed by atoms with Gasteiger partial charge in [0.05, 0.1) is 0 Å². The number of nitrogens with one attached hydrogen (secondary N) is 1. The summed E-state index contributed by atoms with van der Waals surface area (Å²) in [5, 5.41) is 3.45. The summed E-state index contributed by atoms with van der Waals surface area (Å²) < 4.78 is 10.9. The average molecular weight is 290 g/mol. The Bertz CT molecular complexity index is 502. The van der Waals surface area contributed by atoms with Gasteiger partial charge in [0.2, 0.25) is 6.79 Å². The minimum absolute atomic E-state index is 0.327. The molecule has 0 saturated carbocycles. The normalized spacial score (nSPS) is 22.2. The molecule has 0 radical (unpaired) electrons. The molecule has 4 heteroatoms. The average Bonchev–Trinajstić information content (AvgIpc) is 2.91. The van der Waals surface area contributed by atoms with E-state index in [1.165, 1.54) is 31.5 Å². The van der Waals surface area contributed by atoms with Crippen LogP contribution in [0.2, 0.25) is 0 Å². The highest BCUT2D eigenvalue weighted by Crippen LogP contribution is 2.35. The lowest BCUT2D eigenvalue weighted by Gasteiger charge is -2.39. The first kappa shape index (κ1) is 14.7. The van der Waals surface area contributed by atoms with E-state index in [1.807, 2.05) is 13.1 Å². The second-order valence-electron chi connectivity index (χ2n) is 6.96. The maximum absolute atomic E-state index is 5.49. The standard InChI is InChI=1S/C17H26N2O2/c1-17(2)7-4-8-19(11-17)10-14(18-3)13-5-6-15-16(9-13)21-12-20-15/h5-6,9,14,18H,4,7-8,10-12H2,1-3H3. The fraction of sp³-hybridized carbons (Fsp3) is 0.647. The van der Waals surface area contributed by atoms with Crippen LogP contribution < -0.4 is 14.8 Å². The molecule has 0 aliphatic carbocycles. The SMILES string of the molecule is CNC(CN1CCCC(C)(C)C1)c1ccc2c(c1)OCO2. The predicted octanol–water partition coefficient (Wildman–Crippen LogP) is 2.80. The van der Waals surface area contributed by atoms with Crippen molar-refractivity contribution in [1.29, 1.82) is 0 Å². The van der Waals surface area contributed by atoms with Crippen molar-refractivity contribution >= 4 is 0 Å². The number of hydrogen-bond donors (Lipinski definition) is 1. The molecule has 1 N–H and O–H groups in total. The summed E-state index contributed by atoms with van der Waals surface area (Å²) in [5.74, 6) is 1.72. The van der Waals surface area contributed by atoms with E-state index in [9.17, 15) is 0 Å². The predicted molar refractivity (Wildman–Crippen MR) is 83.8 cm³/mol. The first-order chi connectivity index (χ1) is 10.1. The van der Waals surface area contributed by atoms with E-state index in [0.717, 1.165) is 18.0 Å². The van der Waals surface area contributed by atoms with Crippen molar-refractivity contribution in [3.05, 3.63) is 23.8 Å². The van der Waals surface area contributed by atoms with Crippen molar-refractivity contribution in [2.45, 2.75) is 32.7 Å². The molecule has 1 atom stereocenters. The van der Waals surface area contributed by atoms with Crippen LogP contribution in [-0.4, -0.2) is 38.4 Å². The van der Waals surface area contributed by atoms with E-state index in [0.29, 0.717) is 18.2 Å². The monoisotopic (exact) mass is 290 g/mol. The highest BCUT2D eigenvalue weighted by atomic mass is 16.7. The zero-order valence-corrected chi connectivity index (χ0v) is 13.3. The molecule has 116 valence electrons. The summed E-state index contributed by atoms with van der Waals surface area (Å²) in [7, 11) is 2.03. The van der Waals surface area contributed by atoms with E-state index < -0.39 is 0 Å². The number of rotatable bonds is 4. The van der Waals surface area contributed by atoms with Crippen LogP contribution in [0.25, 0.3) is 0 Å². The van der Waals surface area contributed by atoms with Crippen molar-refractivity contribution in [2.75, 3.05) is 33.5 Å². The molecule has 3 rings (SSSR count). The van der Waals surface area contributed by atoms with Gasteiger partial charge in [0.25, 0.3) is 0 Å². The minimum Gasteiger partial charge on any atom is -0.454 e. The highest BCUT2D eigenvalue weighted by Gasteiger charge is 2.28.